The van der Waals surface area contributed by atoms with Gasteiger partial charge in [-0.25, -0.2) is 24.6 Å². The zero-order valence-electron chi connectivity index (χ0n) is 17.1. The zero-order chi connectivity index (χ0) is 21.5. The number of anilines is 3. The number of rotatable bonds is 7. The Balaban J connectivity index is 2.04. The number of amides is 3. The van der Waals surface area contributed by atoms with Crippen molar-refractivity contribution in [3.63, 3.8) is 0 Å². The summed E-state index contributed by atoms with van der Waals surface area (Å²) in [5, 5.41) is 8.86. The van der Waals surface area contributed by atoms with Crippen LogP contribution in [-0.4, -0.2) is 35.3 Å². The molecule has 1 aliphatic heterocycles. The van der Waals surface area contributed by atoms with Gasteiger partial charge in [0, 0.05) is 18.3 Å². The van der Waals surface area contributed by atoms with Crippen molar-refractivity contribution in [1.29, 1.82) is 0 Å². The first kappa shape index (κ1) is 21.0. The Labute approximate surface area is 175 Å². The second-order valence-electron chi connectivity index (χ2n) is 6.59. The highest BCUT2D eigenvalue weighted by atomic mass is 16.6. The van der Waals surface area contributed by atoms with Gasteiger partial charge < -0.3 is 15.8 Å². The van der Waals surface area contributed by atoms with Crippen molar-refractivity contribution < 1.29 is 14.3 Å². The molecule has 0 unspecified atom stereocenters. The van der Waals surface area contributed by atoms with E-state index in [0.29, 0.717) is 30.4 Å². The molecule has 2 aromatic rings. The highest BCUT2D eigenvalue weighted by Gasteiger charge is 2.31. The highest BCUT2D eigenvalue weighted by molar-refractivity contribution is 5.92. The van der Waals surface area contributed by atoms with Crippen LogP contribution in [0.25, 0.3) is 5.70 Å². The average molecular weight is 410 g/mol. The molecule has 9 heteroatoms. The Bertz CT molecular complexity index is 932. The van der Waals surface area contributed by atoms with Crippen LogP contribution >= 0.6 is 0 Å². The molecule has 3 rings (SSSR count). The normalized spacial score (nSPS) is 12.3. The maximum absolute atomic E-state index is 12.9. The second kappa shape index (κ2) is 9.64. The van der Waals surface area contributed by atoms with Crippen LogP contribution in [0.15, 0.2) is 48.7 Å². The zero-order valence-corrected chi connectivity index (χ0v) is 17.1. The topological polar surface area (TPSA) is 113 Å². The van der Waals surface area contributed by atoms with Gasteiger partial charge in [0.2, 0.25) is 0 Å². The molecular weight excluding hydrogens is 384 g/mol. The summed E-state index contributed by atoms with van der Waals surface area (Å²) in [6.45, 7) is 4.58. The van der Waals surface area contributed by atoms with Crippen LogP contribution < -0.4 is 21.4 Å². The van der Waals surface area contributed by atoms with E-state index in [9.17, 15) is 9.59 Å². The predicted molar refractivity (Wildman–Crippen MR) is 117 cm³/mol. The number of hydrazine groups is 1. The van der Waals surface area contributed by atoms with E-state index >= 15 is 0 Å². The summed E-state index contributed by atoms with van der Waals surface area (Å²) in [6.07, 6.45) is 3.04. The number of nitrogens with two attached hydrogens (primary N) is 1. The summed E-state index contributed by atoms with van der Waals surface area (Å²) in [7, 11) is 0. The number of primary amides is 1. The van der Waals surface area contributed by atoms with Crippen molar-refractivity contribution in [1.82, 2.24) is 9.99 Å². The quantitative estimate of drug-likeness (QED) is 0.595. The fourth-order valence-corrected chi connectivity index (χ4v) is 3.03. The summed E-state index contributed by atoms with van der Waals surface area (Å²) >= 11 is 0. The lowest BCUT2D eigenvalue weighted by atomic mass is 10.1. The molecule has 9 nitrogen and oxygen atoms in total. The van der Waals surface area contributed by atoms with E-state index < -0.39 is 12.1 Å². The first-order valence-electron chi connectivity index (χ1n) is 9.89. The molecule has 158 valence electrons. The summed E-state index contributed by atoms with van der Waals surface area (Å²) in [4.78, 5) is 28.7. The van der Waals surface area contributed by atoms with Gasteiger partial charge in [0.25, 0.3) is 0 Å². The molecule has 0 aliphatic carbocycles. The third kappa shape index (κ3) is 4.62. The Kier molecular flexibility index (Phi) is 6.74. The molecule has 3 amide bonds. The van der Waals surface area contributed by atoms with Gasteiger partial charge in [0.15, 0.2) is 5.82 Å². The number of fused-ring (bicyclic) bond motifs is 1. The number of benzene rings is 1. The molecule has 1 aromatic carbocycles. The SMILES string of the molecule is CCCCOC(=O)N(CC)N1C(c2ccccc2)=CNc2ccc(NC(N)=O)nc21. The minimum atomic E-state index is -0.720. The van der Waals surface area contributed by atoms with E-state index in [4.69, 9.17) is 10.5 Å². The van der Waals surface area contributed by atoms with Gasteiger partial charge in [0.05, 0.1) is 18.0 Å². The molecule has 4 N–H and O–H groups in total. The van der Waals surface area contributed by atoms with Crippen LogP contribution in [-0.2, 0) is 4.74 Å². The van der Waals surface area contributed by atoms with Gasteiger partial charge in [-0.2, -0.15) is 0 Å². The number of hydrogen-bond acceptors (Lipinski definition) is 6. The smallest absolute Gasteiger partial charge is 0.429 e. The molecule has 0 saturated heterocycles. The summed E-state index contributed by atoms with van der Waals surface area (Å²) < 4.78 is 5.46. The van der Waals surface area contributed by atoms with E-state index in [1.807, 2.05) is 50.4 Å². The molecule has 0 fully saturated rings. The summed E-state index contributed by atoms with van der Waals surface area (Å²) in [5.41, 5.74) is 7.50. The van der Waals surface area contributed by atoms with Crippen LogP contribution in [0, 0.1) is 0 Å². The number of urea groups is 1. The fraction of sp³-hybridized carbons (Fsp3) is 0.286. The van der Waals surface area contributed by atoms with Crippen LogP contribution in [0.2, 0.25) is 0 Å². The standard InChI is InChI=1S/C21H26N6O3/c1-3-5-13-30-21(29)26(4-2)27-17(15-9-7-6-8-10-15)14-23-16-11-12-18(24-19(16)27)25-20(22)28/h6-12,14,23H,3-5,13H2,1-2H3,(H3,22,24,25,28). The number of hydrogen-bond donors (Lipinski definition) is 3. The number of aromatic nitrogens is 1. The number of carbonyl (C=O) groups excluding carboxylic acids is 2. The number of unbranched alkanes of at least 4 members (excludes halogenated alkanes) is 1. The minimum absolute atomic E-state index is 0.276. The maximum Gasteiger partial charge on any atom is 0.429 e. The van der Waals surface area contributed by atoms with Crippen molar-refractivity contribution in [2.24, 2.45) is 5.73 Å². The van der Waals surface area contributed by atoms with Crippen molar-refractivity contribution in [2.45, 2.75) is 26.7 Å². The van der Waals surface area contributed by atoms with E-state index in [2.05, 4.69) is 15.6 Å². The summed E-state index contributed by atoms with van der Waals surface area (Å²) in [5.74, 6) is 0.717. The Morgan fingerprint density at radius 2 is 1.97 bits per heavy atom. The van der Waals surface area contributed by atoms with Crippen LogP contribution in [0.3, 0.4) is 0 Å². The van der Waals surface area contributed by atoms with E-state index in [-0.39, 0.29) is 5.82 Å². The van der Waals surface area contributed by atoms with Crippen LogP contribution in [0.1, 0.15) is 32.3 Å². The van der Waals surface area contributed by atoms with Gasteiger partial charge >= 0.3 is 12.1 Å². The Morgan fingerprint density at radius 3 is 2.63 bits per heavy atom. The lowest BCUT2D eigenvalue weighted by molar-refractivity contribution is 0.103. The number of nitrogens with one attached hydrogen (secondary N) is 2. The average Bonchev–Trinajstić information content (AvgIpc) is 2.75. The predicted octanol–water partition coefficient (Wildman–Crippen LogP) is 3.98. The summed E-state index contributed by atoms with van der Waals surface area (Å²) in [6, 6.07) is 12.3. The van der Waals surface area contributed by atoms with Gasteiger partial charge in [-0.1, -0.05) is 43.7 Å². The third-order valence-electron chi connectivity index (χ3n) is 4.46. The van der Waals surface area contributed by atoms with Crippen molar-refractivity contribution >= 4 is 35.1 Å². The maximum atomic E-state index is 12.9. The van der Waals surface area contributed by atoms with Crippen molar-refractivity contribution in [3.8, 4) is 0 Å². The fourth-order valence-electron chi connectivity index (χ4n) is 3.03. The largest absolute Gasteiger partial charge is 0.448 e. The Morgan fingerprint density at radius 1 is 1.20 bits per heavy atom. The molecule has 30 heavy (non-hydrogen) atoms. The Hall–Kier alpha value is -3.75. The first-order chi connectivity index (χ1) is 14.5. The monoisotopic (exact) mass is 410 g/mol. The number of nitrogens with zero attached hydrogens (tertiary/aromatic N) is 3. The lowest BCUT2D eigenvalue weighted by Gasteiger charge is -2.38. The van der Waals surface area contributed by atoms with E-state index in [1.165, 1.54) is 5.01 Å². The van der Waals surface area contributed by atoms with Gasteiger partial charge in [0.1, 0.15) is 5.82 Å². The number of ether oxygens (including phenoxy) is 1. The number of carbonyl (C=O) groups is 2. The second-order valence-corrected chi connectivity index (χ2v) is 6.59. The molecule has 0 radical (unpaired) electrons. The molecule has 0 bridgehead atoms. The van der Waals surface area contributed by atoms with Crippen LogP contribution in [0.5, 0.6) is 0 Å². The van der Waals surface area contributed by atoms with Crippen molar-refractivity contribution in [3.05, 3.63) is 54.2 Å². The molecule has 0 spiro atoms. The lowest BCUT2D eigenvalue weighted by Crippen LogP contribution is -2.47. The molecular formula is C21H26N6O3. The van der Waals surface area contributed by atoms with E-state index in [1.54, 1.807) is 17.1 Å². The molecule has 0 atom stereocenters. The van der Waals surface area contributed by atoms with Crippen molar-refractivity contribution in [2.75, 3.05) is 28.8 Å². The van der Waals surface area contributed by atoms with Gasteiger partial charge in [-0.15, -0.1) is 0 Å². The van der Waals surface area contributed by atoms with Crippen LogP contribution in [0.4, 0.5) is 26.9 Å². The van der Waals surface area contributed by atoms with Gasteiger partial charge in [-0.05, 0) is 25.5 Å². The minimum Gasteiger partial charge on any atom is -0.448 e. The molecule has 2 heterocycles. The van der Waals surface area contributed by atoms with E-state index in [0.717, 1.165) is 18.4 Å². The molecule has 0 saturated carbocycles. The van der Waals surface area contributed by atoms with Gasteiger partial charge in [-0.3, -0.25) is 5.32 Å². The molecule has 1 aliphatic rings. The third-order valence-corrected chi connectivity index (χ3v) is 4.46. The first-order valence-corrected chi connectivity index (χ1v) is 9.89. The number of pyridine rings is 1. The highest BCUT2D eigenvalue weighted by Crippen LogP contribution is 2.37. The molecule has 1 aromatic heterocycles.